The van der Waals surface area contributed by atoms with Crippen LogP contribution in [0.25, 0.3) is 0 Å². The van der Waals surface area contributed by atoms with Crippen LogP contribution < -0.4 is 0 Å². The summed E-state index contributed by atoms with van der Waals surface area (Å²) in [7, 11) is 0. The smallest absolute Gasteiger partial charge is 0.147 e. The third-order valence-electron chi connectivity index (χ3n) is 5.46. The van der Waals surface area contributed by atoms with Gasteiger partial charge < -0.3 is 50.3 Å². The van der Waals surface area contributed by atoms with Crippen molar-refractivity contribution < 1.29 is 54.7 Å². The summed E-state index contributed by atoms with van der Waals surface area (Å²) in [5, 5.41) is 77.9. The van der Waals surface area contributed by atoms with Crippen LogP contribution in [0.5, 0.6) is 0 Å². The molecule has 0 saturated carbocycles. The average molecular weight is 444 g/mol. The minimum absolute atomic E-state index is 0.120. The molecule has 3 rings (SSSR count). The number of hydrogen-bond donors (Lipinski definition) is 8. The Balaban J connectivity index is 1.79. The minimum atomic E-state index is -1.61. The highest BCUT2D eigenvalue weighted by Crippen LogP contribution is 2.33. The van der Waals surface area contributed by atoms with Gasteiger partial charge in [-0.25, -0.2) is 4.39 Å². The van der Waals surface area contributed by atoms with Gasteiger partial charge in [0.2, 0.25) is 0 Å². The van der Waals surface area contributed by atoms with E-state index in [1.54, 1.807) is 0 Å². The molecule has 172 valence electrons. The number of halogens is 1. The molecule has 0 spiro atoms. The Morgan fingerprint density at radius 3 is 1.94 bits per heavy atom. The molecule has 11 heteroatoms. The number of aliphatic hydroxyl groups is 8. The lowest BCUT2D eigenvalue weighted by Gasteiger charge is -2.40. The minimum Gasteiger partial charge on any atom is -0.394 e. The SMILES string of the molecule is OC[C@H]1O[C@H](c2ccc(C#C[C@H]3O[C@H](CO)[C@@H](O)[C@H](O)[C@@H]3O)c(F)c2)[C@@H](O)[C@@H](O)[C@@H]1O. The highest BCUT2D eigenvalue weighted by molar-refractivity contribution is 5.39. The lowest BCUT2D eigenvalue weighted by molar-refractivity contribution is -0.231. The van der Waals surface area contributed by atoms with Gasteiger partial charge in [-0.2, -0.15) is 0 Å². The number of ether oxygens (including phenoxy) is 2. The van der Waals surface area contributed by atoms with E-state index >= 15 is 0 Å². The first-order valence-electron chi connectivity index (χ1n) is 9.61. The van der Waals surface area contributed by atoms with Gasteiger partial charge in [0.25, 0.3) is 0 Å². The van der Waals surface area contributed by atoms with Crippen molar-refractivity contribution >= 4 is 0 Å². The molecule has 8 N–H and O–H groups in total. The van der Waals surface area contributed by atoms with Gasteiger partial charge in [-0.3, -0.25) is 0 Å². The summed E-state index contributed by atoms with van der Waals surface area (Å²) in [5.74, 6) is 4.08. The van der Waals surface area contributed by atoms with Crippen molar-refractivity contribution in [1.82, 2.24) is 0 Å². The molecular formula is C20H25FO10. The molecule has 31 heavy (non-hydrogen) atoms. The lowest BCUT2D eigenvalue weighted by atomic mass is 9.91. The fraction of sp³-hybridized carbons (Fsp3) is 0.600. The first-order valence-corrected chi connectivity index (χ1v) is 9.61. The largest absolute Gasteiger partial charge is 0.394 e. The molecule has 0 aromatic heterocycles. The lowest BCUT2D eigenvalue weighted by Crippen LogP contribution is -2.58. The molecule has 1 aromatic rings. The van der Waals surface area contributed by atoms with Crippen LogP contribution in [0.1, 0.15) is 17.2 Å². The zero-order valence-electron chi connectivity index (χ0n) is 16.2. The zero-order chi connectivity index (χ0) is 22.9. The molecule has 0 amide bonds. The van der Waals surface area contributed by atoms with Crippen LogP contribution in [-0.2, 0) is 9.47 Å². The molecule has 2 saturated heterocycles. The van der Waals surface area contributed by atoms with Gasteiger partial charge in [0.1, 0.15) is 66.9 Å². The third kappa shape index (κ3) is 4.74. The second kappa shape index (κ2) is 9.85. The van der Waals surface area contributed by atoms with Crippen LogP contribution in [0.15, 0.2) is 18.2 Å². The second-order valence-electron chi connectivity index (χ2n) is 7.51. The second-order valence-corrected chi connectivity index (χ2v) is 7.51. The molecule has 10 atom stereocenters. The van der Waals surface area contributed by atoms with Gasteiger partial charge in [0.15, 0.2) is 0 Å². The van der Waals surface area contributed by atoms with Crippen molar-refractivity contribution in [3.05, 3.63) is 35.1 Å². The fourth-order valence-corrected chi connectivity index (χ4v) is 3.56. The van der Waals surface area contributed by atoms with E-state index in [1.165, 1.54) is 12.1 Å². The van der Waals surface area contributed by atoms with E-state index in [9.17, 15) is 45.2 Å². The first-order chi connectivity index (χ1) is 14.7. The summed E-state index contributed by atoms with van der Waals surface area (Å²) in [6.45, 7) is -1.24. The van der Waals surface area contributed by atoms with E-state index in [0.29, 0.717) is 0 Å². The molecule has 2 aliphatic rings. The third-order valence-corrected chi connectivity index (χ3v) is 5.46. The van der Waals surface area contributed by atoms with Gasteiger partial charge in [-0.15, -0.1) is 0 Å². The van der Waals surface area contributed by atoms with E-state index < -0.39 is 80.1 Å². The quantitative estimate of drug-likeness (QED) is 0.218. The highest BCUT2D eigenvalue weighted by atomic mass is 19.1. The van der Waals surface area contributed by atoms with E-state index in [0.717, 1.165) is 6.07 Å². The van der Waals surface area contributed by atoms with Gasteiger partial charge in [0, 0.05) is 0 Å². The number of hydrogen-bond acceptors (Lipinski definition) is 10. The zero-order valence-corrected chi connectivity index (χ0v) is 16.2. The highest BCUT2D eigenvalue weighted by Gasteiger charge is 2.44. The van der Waals surface area contributed by atoms with Crippen molar-refractivity contribution in [3.63, 3.8) is 0 Å². The van der Waals surface area contributed by atoms with Crippen LogP contribution in [0.4, 0.5) is 4.39 Å². The van der Waals surface area contributed by atoms with Crippen molar-refractivity contribution in [3.8, 4) is 11.8 Å². The van der Waals surface area contributed by atoms with Gasteiger partial charge in [-0.05, 0) is 17.7 Å². The van der Waals surface area contributed by atoms with Gasteiger partial charge >= 0.3 is 0 Å². The average Bonchev–Trinajstić information content (AvgIpc) is 2.76. The van der Waals surface area contributed by atoms with Crippen LogP contribution in [-0.4, -0.2) is 109 Å². The fourth-order valence-electron chi connectivity index (χ4n) is 3.56. The molecule has 2 aliphatic heterocycles. The van der Waals surface area contributed by atoms with Crippen LogP contribution in [0, 0.1) is 17.7 Å². The summed E-state index contributed by atoms with van der Waals surface area (Å²) in [5.41, 5.74) is 0.0121. The predicted molar refractivity (Wildman–Crippen MR) is 99.8 cm³/mol. The first kappa shape index (κ1) is 24.0. The van der Waals surface area contributed by atoms with Crippen LogP contribution >= 0.6 is 0 Å². The molecule has 2 heterocycles. The number of benzene rings is 1. The molecule has 0 bridgehead atoms. The Labute approximate surface area is 176 Å². The number of rotatable bonds is 3. The summed E-state index contributed by atoms with van der Waals surface area (Å²) >= 11 is 0. The monoisotopic (exact) mass is 444 g/mol. The van der Waals surface area contributed by atoms with E-state index in [4.69, 9.17) is 9.47 Å². The van der Waals surface area contributed by atoms with Gasteiger partial charge in [0.05, 0.1) is 18.8 Å². The maximum Gasteiger partial charge on any atom is 0.147 e. The molecule has 2 fully saturated rings. The molecule has 0 radical (unpaired) electrons. The standard InChI is InChI=1S/C20H25FO10/c21-10-5-9(20-19(29)18(28)16(26)13(7-23)31-20)2-1-8(10)3-4-11-14(24)17(27)15(25)12(6-22)30-11/h1-2,5,11-20,22-29H,6-7H2/t11-,12-,13-,14-,15-,16-,17-,18+,19+,20-/m1/s1. The van der Waals surface area contributed by atoms with E-state index in [2.05, 4.69) is 11.8 Å². The molecule has 10 nitrogen and oxygen atoms in total. The van der Waals surface area contributed by atoms with E-state index in [1.807, 2.05) is 0 Å². The summed E-state index contributed by atoms with van der Waals surface area (Å²) in [6, 6.07) is 3.63. The Hall–Kier alpha value is -1.69. The summed E-state index contributed by atoms with van der Waals surface area (Å²) < 4.78 is 25.2. The van der Waals surface area contributed by atoms with E-state index in [-0.39, 0.29) is 11.1 Å². The van der Waals surface area contributed by atoms with Crippen molar-refractivity contribution in [2.75, 3.05) is 13.2 Å². The Kier molecular flexibility index (Phi) is 7.61. The predicted octanol–water partition coefficient (Wildman–Crippen LogP) is -3.47. The number of aliphatic hydroxyl groups excluding tert-OH is 8. The van der Waals surface area contributed by atoms with Crippen molar-refractivity contribution in [2.24, 2.45) is 0 Å². The van der Waals surface area contributed by atoms with Crippen molar-refractivity contribution in [1.29, 1.82) is 0 Å². The summed E-state index contributed by atoms with van der Waals surface area (Å²) in [4.78, 5) is 0. The molecule has 1 aromatic carbocycles. The summed E-state index contributed by atoms with van der Waals surface area (Å²) in [6.07, 6.45) is -14.2. The van der Waals surface area contributed by atoms with Crippen molar-refractivity contribution in [2.45, 2.75) is 61.0 Å². The Bertz CT molecular complexity index is 822. The Morgan fingerprint density at radius 1 is 0.774 bits per heavy atom. The normalized spacial score (nSPS) is 40.8. The molecule has 0 aliphatic carbocycles. The van der Waals surface area contributed by atoms with Gasteiger partial charge in [-0.1, -0.05) is 17.9 Å². The topological polar surface area (TPSA) is 180 Å². The van der Waals surface area contributed by atoms with Crippen LogP contribution in [0.3, 0.4) is 0 Å². The Morgan fingerprint density at radius 2 is 1.35 bits per heavy atom. The van der Waals surface area contributed by atoms with Crippen LogP contribution in [0.2, 0.25) is 0 Å². The molecule has 0 unspecified atom stereocenters. The molecular weight excluding hydrogens is 419 g/mol. The maximum atomic E-state index is 14.6. The maximum absolute atomic E-state index is 14.6.